The predicted octanol–water partition coefficient (Wildman–Crippen LogP) is 1.31. The molecule has 132 valence electrons. The molecule has 1 aromatic rings. The molecule has 0 aromatic carbocycles. The summed E-state index contributed by atoms with van der Waals surface area (Å²) in [5, 5.41) is 0. The van der Waals surface area contributed by atoms with Crippen LogP contribution in [-0.4, -0.2) is 72.8 Å². The van der Waals surface area contributed by atoms with E-state index >= 15 is 0 Å². The summed E-state index contributed by atoms with van der Waals surface area (Å²) in [6, 6.07) is 4.67. The number of likely N-dealkylation sites (tertiary alicyclic amines) is 1. The zero-order chi connectivity index (χ0) is 16.8. The summed E-state index contributed by atoms with van der Waals surface area (Å²) in [7, 11) is 1.59. The fourth-order valence-corrected chi connectivity index (χ4v) is 3.80. The van der Waals surface area contributed by atoms with Crippen molar-refractivity contribution in [1.29, 1.82) is 0 Å². The van der Waals surface area contributed by atoms with Crippen molar-refractivity contribution >= 4 is 5.91 Å². The lowest BCUT2D eigenvalue weighted by atomic mass is 10.0. The topological polar surface area (TPSA) is 54.9 Å². The molecule has 0 saturated carbocycles. The SMILES string of the molecule is COCC(=O)N(C1CCOCC1)C1CCN(Cc2ccncc2)C1. The highest BCUT2D eigenvalue weighted by Crippen LogP contribution is 2.24. The second-order valence-electron chi connectivity index (χ2n) is 6.61. The summed E-state index contributed by atoms with van der Waals surface area (Å²) in [6.45, 7) is 4.52. The van der Waals surface area contributed by atoms with E-state index in [0.29, 0.717) is 0 Å². The summed E-state index contributed by atoms with van der Waals surface area (Å²) in [4.78, 5) is 21.2. The number of pyridine rings is 1. The van der Waals surface area contributed by atoms with Crippen LogP contribution in [0, 0.1) is 0 Å². The number of carbonyl (C=O) groups is 1. The summed E-state index contributed by atoms with van der Waals surface area (Å²) in [5.41, 5.74) is 1.27. The van der Waals surface area contributed by atoms with E-state index in [1.54, 1.807) is 7.11 Å². The van der Waals surface area contributed by atoms with Gasteiger partial charge in [0.15, 0.2) is 0 Å². The van der Waals surface area contributed by atoms with Crippen LogP contribution in [0.25, 0.3) is 0 Å². The Morgan fingerprint density at radius 2 is 2.04 bits per heavy atom. The van der Waals surface area contributed by atoms with E-state index in [2.05, 4.69) is 26.9 Å². The maximum absolute atomic E-state index is 12.6. The Morgan fingerprint density at radius 1 is 1.29 bits per heavy atom. The minimum atomic E-state index is 0.111. The van der Waals surface area contributed by atoms with E-state index in [0.717, 1.165) is 52.1 Å². The monoisotopic (exact) mass is 333 g/mol. The molecule has 0 radical (unpaired) electrons. The number of amides is 1. The molecule has 2 aliphatic rings. The first-order valence-corrected chi connectivity index (χ1v) is 8.77. The van der Waals surface area contributed by atoms with E-state index < -0.39 is 0 Å². The van der Waals surface area contributed by atoms with Crippen molar-refractivity contribution in [2.75, 3.05) is 40.0 Å². The Kier molecular flexibility index (Phi) is 6.18. The van der Waals surface area contributed by atoms with Crippen LogP contribution in [-0.2, 0) is 20.8 Å². The smallest absolute Gasteiger partial charge is 0.249 e. The largest absolute Gasteiger partial charge is 0.381 e. The predicted molar refractivity (Wildman–Crippen MR) is 90.5 cm³/mol. The van der Waals surface area contributed by atoms with Crippen LogP contribution < -0.4 is 0 Å². The number of ether oxygens (including phenoxy) is 2. The van der Waals surface area contributed by atoms with Gasteiger partial charge < -0.3 is 14.4 Å². The molecule has 1 atom stereocenters. The minimum absolute atomic E-state index is 0.111. The third-order valence-corrected chi connectivity index (χ3v) is 4.94. The Morgan fingerprint density at radius 3 is 2.75 bits per heavy atom. The number of carbonyl (C=O) groups excluding carboxylic acids is 1. The molecule has 2 fully saturated rings. The lowest BCUT2D eigenvalue weighted by Gasteiger charge is -2.38. The first kappa shape index (κ1) is 17.3. The van der Waals surface area contributed by atoms with E-state index in [1.165, 1.54) is 5.56 Å². The molecule has 1 unspecified atom stereocenters. The van der Waals surface area contributed by atoms with Crippen molar-refractivity contribution in [2.24, 2.45) is 0 Å². The van der Waals surface area contributed by atoms with Gasteiger partial charge in [0.25, 0.3) is 0 Å². The molecule has 6 heteroatoms. The fraction of sp³-hybridized carbons (Fsp3) is 0.667. The van der Waals surface area contributed by atoms with Gasteiger partial charge in [0, 0.05) is 64.4 Å². The van der Waals surface area contributed by atoms with Gasteiger partial charge in [0.2, 0.25) is 5.91 Å². The average Bonchev–Trinajstić information content (AvgIpc) is 3.05. The molecule has 2 aliphatic heterocycles. The van der Waals surface area contributed by atoms with Gasteiger partial charge in [-0.25, -0.2) is 0 Å². The molecule has 0 aliphatic carbocycles. The normalized spacial score (nSPS) is 22.6. The van der Waals surface area contributed by atoms with E-state index in [1.807, 2.05) is 12.4 Å². The second-order valence-corrected chi connectivity index (χ2v) is 6.61. The summed E-state index contributed by atoms with van der Waals surface area (Å²) in [6.07, 6.45) is 6.54. The van der Waals surface area contributed by atoms with Crippen LogP contribution >= 0.6 is 0 Å². The second kappa shape index (κ2) is 8.55. The highest BCUT2D eigenvalue weighted by molar-refractivity contribution is 5.78. The van der Waals surface area contributed by atoms with Crippen LogP contribution in [0.3, 0.4) is 0 Å². The lowest BCUT2D eigenvalue weighted by molar-refractivity contribution is -0.142. The van der Waals surface area contributed by atoms with Crippen LogP contribution in [0.1, 0.15) is 24.8 Å². The molecular weight excluding hydrogens is 306 g/mol. The number of nitrogens with zero attached hydrogens (tertiary/aromatic N) is 3. The first-order valence-electron chi connectivity index (χ1n) is 8.77. The highest BCUT2D eigenvalue weighted by atomic mass is 16.5. The minimum Gasteiger partial charge on any atom is -0.381 e. The molecule has 0 N–H and O–H groups in total. The summed E-state index contributed by atoms with van der Waals surface area (Å²) < 4.78 is 10.6. The molecule has 3 heterocycles. The molecule has 0 spiro atoms. The maximum Gasteiger partial charge on any atom is 0.249 e. The van der Waals surface area contributed by atoms with Crippen molar-refractivity contribution in [1.82, 2.24) is 14.8 Å². The summed E-state index contributed by atoms with van der Waals surface area (Å²) in [5.74, 6) is 0.111. The van der Waals surface area contributed by atoms with Crippen LogP contribution in [0.15, 0.2) is 24.5 Å². The zero-order valence-electron chi connectivity index (χ0n) is 14.4. The van der Waals surface area contributed by atoms with Gasteiger partial charge in [0.1, 0.15) is 6.61 Å². The van der Waals surface area contributed by atoms with Gasteiger partial charge in [-0.15, -0.1) is 0 Å². The van der Waals surface area contributed by atoms with E-state index in [-0.39, 0.29) is 24.6 Å². The van der Waals surface area contributed by atoms with Crippen molar-refractivity contribution in [3.05, 3.63) is 30.1 Å². The molecule has 2 saturated heterocycles. The van der Waals surface area contributed by atoms with Crippen molar-refractivity contribution in [2.45, 2.75) is 37.9 Å². The summed E-state index contributed by atoms with van der Waals surface area (Å²) >= 11 is 0. The van der Waals surface area contributed by atoms with Crippen LogP contribution in [0.2, 0.25) is 0 Å². The molecule has 1 amide bonds. The van der Waals surface area contributed by atoms with Crippen LogP contribution in [0.4, 0.5) is 0 Å². The fourth-order valence-electron chi connectivity index (χ4n) is 3.80. The Hall–Kier alpha value is -1.50. The van der Waals surface area contributed by atoms with Gasteiger partial charge in [-0.2, -0.15) is 0 Å². The standard InChI is InChI=1S/C18H27N3O3/c1-23-14-18(22)21(16-5-10-24-11-6-16)17-4-9-20(13-17)12-15-2-7-19-8-3-15/h2-3,7-8,16-17H,4-6,9-14H2,1H3. The number of hydrogen-bond donors (Lipinski definition) is 0. The first-order chi connectivity index (χ1) is 11.8. The van der Waals surface area contributed by atoms with E-state index in [9.17, 15) is 4.79 Å². The number of rotatable bonds is 6. The molecule has 3 rings (SSSR count). The Labute approximate surface area is 143 Å². The van der Waals surface area contributed by atoms with Gasteiger partial charge in [-0.05, 0) is 37.0 Å². The van der Waals surface area contributed by atoms with Gasteiger partial charge in [0.05, 0.1) is 0 Å². The lowest BCUT2D eigenvalue weighted by Crippen LogP contribution is -2.51. The van der Waals surface area contributed by atoms with E-state index in [4.69, 9.17) is 9.47 Å². The van der Waals surface area contributed by atoms with Crippen molar-refractivity contribution in [3.63, 3.8) is 0 Å². The highest BCUT2D eigenvalue weighted by Gasteiger charge is 2.35. The molecule has 24 heavy (non-hydrogen) atoms. The number of aromatic nitrogens is 1. The van der Waals surface area contributed by atoms with Gasteiger partial charge >= 0.3 is 0 Å². The van der Waals surface area contributed by atoms with Gasteiger partial charge in [-0.1, -0.05) is 0 Å². The Balaban J connectivity index is 1.63. The number of hydrogen-bond acceptors (Lipinski definition) is 5. The third-order valence-electron chi connectivity index (χ3n) is 4.94. The molecule has 1 aromatic heterocycles. The van der Waals surface area contributed by atoms with Crippen molar-refractivity contribution < 1.29 is 14.3 Å². The van der Waals surface area contributed by atoms with Crippen LogP contribution in [0.5, 0.6) is 0 Å². The Bertz CT molecular complexity index is 520. The average molecular weight is 333 g/mol. The van der Waals surface area contributed by atoms with Crippen molar-refractivity contribution in [3.8, 4) is 0 Å². The number of methoxy groups -OCH3 is 1. The maximum atomic E-state index is 12.6. The van der Waals surface area contributed by atoms with Gasteiger partial charge in [-0.3, -0.25) is 14.7 Å². The molecule has 6 nitrogen and oxygen atoms in total. The quantitative estimate of drug-likeness (QED) is 0.786. The molecule has 0 bridgehead atoms. The molecular formula is C18H27N3O3. The zero-order valence-corrected chi connectivity index (χ0v) is 14.4. The third kappa shape index (κ3) is 4.32.